The van der Waals surface area contributed by atoms with Crippen LogP contribution in [0.25, 0.3) is 0 Å². The average molecular weight is 408 g/mol. The number of amides is 2. The topological polar surface area (TPSA) is 111 Å². The number of likely N-dealkylation sites (N-methyl/N-ethyl adjacent to an activating group) is 1. The van der Waals surface area contributed by atoms with E-state index >= 15 is 0 Å². The molecule has 0 aliphatic rings. The molecule has 0 saturated heterocycles. The minimum Gasteiger partial charge on any atom is -0.495 e. The molecule has 9 nitrogen and oxygen atoms in total. The maximum absolute atomic E-state index is 12.2. The Morgan fingerprint density at radius 1 is 1.21 bits per heavy atom. The minimum absolute atomic E-state index is 0.0797. The van der Waals surface area contributed by atoms with E-state index in [4.69, 9.17) is 21.1 Å². The standard InChI is InChI=1S/C18H18ClN3O6/c1-21(10-17(23)20-15-9-12(19)3-8-16(15)27-2)18(24)11-28-14-6-4-13(5-7-14)22(25)26/h3-9H,10-11H2,1-2H3,(H,20,23). The molecule has 0 spiro atoms. The van der Waals surface area contributed by atoms with Crippen molar-refractivity contribution in [3.63, 3.8) is 0 Å². The molecule has 148 valence electrons. The molecule has 0 fully saturated rings. The van der Waals surface area contributed by atoms with Gasteiger partial charge in [0.05, 0.1) is 24.3 Å². The van der Waals surface area contributed by atoms with Crippen LogP contribution in [0.4, 0.5) is 11.4 Å². The lowest BCUT2D eigenvalue weighted by Crippen LogP contribution is -2.37. The number of hydrogen-bond donors (Lipinski definition) is 1. The lowest BCUT2D eigenvalue weighted by molar-refractivity contribution is -0.384. The summed E-state index contributed by atoms with van der Waals surface area (Å²) in [4.78, 5) is 35.6. The molecule has 0 bridgehead atoms. The van der Waals surface area contributed by atoms with Crippen molar-refractivity contribution in [2.24, 2.45) is 0 Å². The third-order valence-electron chi connectivity index (χ3n) is 3.65. The fraction of sp³-hybridized carbons (Fsp3) is 0.222. The summed E-state index contributed by atoms with van der Waals surface area (Å²) in [6.07, 6.45) is 0. The molecule has 2 aromatic carbocycles. The second-order valence-corrected chi connectivity index (χ2v) is 6.12. The maximum atomic E-state index is 12.2. The second kappa shape index (κ2) is 9.56. The number of ether oxygens (including phenoxy) is 2. The van der Waals surface area contributed by atoms with Gasteiger partial charge in [-0.2, -0.15) is 0 Å². The summed E-state index contributed by atoms with van der Waals surface area (Å²) in [5, 5.41) is 13.7. The first-order valence-electron chi connectivity index (χ1n) is 8.04. The van der Waals surface area contributed by atoms with Crippen molar-refractivity contribution in [3.8, 4) is 11.5 Å². The number of methoxy groups -OCH3 is 1. The SMILES string of the molecule is COc1ccc(Cl)cc1NC(=O)CN(C)C(=O)COc1ccc([N+](=O)[O-])cc1. The Labute approximate surface area is 165 Å². The van der Waals surface area contributed by atoms with Crippen LogP contribution in [0.3, 0.4) is 0 Å². The number of nitrogens with zero attached hydrogens (tertiary/aromatic N) is 2. The van der Waals surface area contributed by atoms with Gasteiger partial charge in [0.2, 0.25) is 5.91 Å². The Kier molecular flexibility index (Phi) is 7.16. The molecule has 2 amide bonds. The molecule has 0 aromatic heterocycles. The Balaban J connectivity index is 1.87. The fourth-order valence-electron chi connectivity index (χ4n) is 2.19. The Morgan fingerprint density at radius 2 is 1.89 bits per heavy atom. The predicted molar refractivity (Wildman–Crippen MR) is 103 cm³/mol. The van der Waals surface area contributed by atoms with Gasteiger partial charge in [0, 0.05) is 24.2 Å². The van der Waals surface area contributed by atoms with E-state index in [0.29, 0.717) is 22.2 Å². The molecule has 2 rings (SSSR count). The van der Waals surface area contributed by atoms with Crippen molar-refractivity contribution in [1.82, 2.24) is 4.90 Å². The monoisotopic (exact) mass is 407 g/mol. The molecule has 10 heteroatoms. The number of nitro groups is 1. The van der Waals surface area contributed by atoms with Gasteiger partial charge in [0.25, 0.3) is 11.6 Å². The van der Waals surface area contributed by atoms with Crippen LogP contribution in [0.2, 0.25) is 5.02 Å². The molecule has 0 aliphatic heterocycles. The van der Waals surface area contributed by atoms with E-state index in [-0.39, 0.29) is 18.8 Å². The highest BCUT2D eigenvalue weighted by Gasteiger charge is 2.15. The number of carbonyl (C=O) groups is 2. The maximum Gasteiger partial charge on any atom is 0.269 e. The number of rotatable bonds is 8. The number of nitro benzene ring substituents is 1. The van der Waals surface area contributed by atoms with Gasteiger partial charge < -0.3 is 19.7 Å². The van der Waals surface area contributed by atoms with Crippen LogP contribution in [-0.4, -0.2) is 48.9 Å². The highest BCUT2D eigenvalue weighted by molar-refractivity contribution is 6.31. The first kappa shape index (κ1) is 21.0. The second-order valence-electron chi connectivity index (χ2n) is 5.68. The van der Waals surface area contributed by atoms with Crippen LogP contribution in [0.15, 0.2) is 42.5 Å². The normalized spacial score (nSPS) is 10.1. The number of benzene rings is 2. The highest BCUT2D eigenvalue weighted by atomic mass is 35.5. The third-order valence-corrected chi connectivity index (χ3v) is 3.89. The number of hydrogen-bond acceptors (Lipinski definition) is 6. The van der Waals surface area contributed by atoms with Crippen molar-refractivity contribution >= 4 is 34.8 Å². The molecule has 0 saturated carbocycles. The average Bonchev–Trinajstić information content (AvgIpc) is 2.66. The van der Waals surface area contributed by atoms with Gasteiger partial charge in [-0.05, 0) is 30.3 Å². The number of non-ortho nitro benzene ring substituents is 1. The molecule has 0 unspecified atom stereocenters. The first-order valence-corrected chi connectivity index (χ1v) is 8.42. The zero-order chi connectivity index (χ0) is 20.7. The molecular weight excluding hydrogens is 390 g/mol. The number of nitrogens with one attached hydrogen (secondary N) is 1. The van der Waals surface area contributed by atoms with Crippen molar-refractivity contribution < 1.29 is 24.0 Å². The van der Waals surface area contributed by atoms with Crippen LogP contribution in [0.1, 0.15) is 0 Å². The summed E-state index contributed by atoms with van der Waals surface area (Å²) in [5.41, 5.74) is 0.312. The van der Waals surface area contributed by atoms with Crippen LogP contribution < -0.4 is 14.8 Å². The molecular formula is C18H18ClN3O6. The van der Waals surface area contributed by atoms with E-state index in [0.717, 1.165) is 0 Å². The van der Waals surface area contributed by atoms with Gasteiger partial charge in [0.15, 0.2) is 6.61 Å². The fourth-order valence-corrected chi connectivity index (χ4v) is 2.36. The molecule has 0 atom stereocenters. The van der Waals surface area contributed by atoms with Gasteiger partial charge in [0.1, 0.15) is 11.5 Å². The number of anilines is 1. The highest BCUT2D eigenvalue weighted by Crippen LogP contribution is 2.27. The van der Waals surface area contributed by atoms with Crippen molar-refractivity contribution in [2.75, 3.05) is 32.6 Å². The number of halogens is 1. The minimum atomic E-state index is -0.532. The predicted octanol–water partition coefficient (Wildman–Crippen LogP) is 2.73. The Morgan fingerprint density at radius 3 is 2.50 bits per heavy atom. The van der Waals surface area contributed by atoms with Gasteiger partial charge in [-0.1, -0.05) is 11.6 Å². The van der Waals surface area contributed by atoms with E-state index in [9.17, 15) is 19.7 Å². The lowest BCUT2D eigenvalue weighted by atomic mass is 10.3. The van der Waals surface area contributed by atoms with Crippen molar-refractivity contribution in [3.05, 3.63) is 57.6 Å². The van der Waals surface area contributed by atoms with Crippen LogP contribution in [-0.2, 0) is 9.59 Å². The van der Waals surface area contributed by atoms with Crippen molar-refractivity contribution in [2.45, 2.75) is 0 Å². The molecule has 2 aromatic rings. The largest absolute Gasteiger partial charge is 0.495 e. The summed E-state index contributed by atoms with van der Waals surface area (Å²) < 4.78 is 10.4. The molecule has 0 heterocycles. The Bertz CT molecular complexity index is 872. The molecule has 28 heavy (non-hydrogen) atoms. The van der Waals surface area contributed by atoms with E-state index in [1.54, 1.807) is 12.1 Å². The summed E-state index contributed by atoms with van der Waals surface area (Å²) in [6.45, 7) is -0.528. The van der Waals surface area contributed by atoms with Gasteiger partial charge >= 0.3 is 0 Å². The van der Waals surface area contributed by atoms with Crippen molar-refractivity contribution in [1.29, 1.82) is 0 Å². The third kappa shape index (κ3) is 5.85. The van der Waals surface area contributed by atoms with Gasteiger partial charge in [-0.15, -0.1) is 0 Å². The molecule has 0 aliphatic carbocycles. The molecule has 0 radical (unpaired) electrons. The summed E-state index contributed by atoms with van der Waals surface area (Å²) in [5.74, 6) is -0.132. The number of carbonyl (C=O) groups excluding carboxylic acids is 2. The van der Waals surface area contributed by atoms with E-state index in [2.05, 4.69) is 5.32 Å². The van der Waals surface area contributed by atoms with E-state index < -0.39 is 16.7 Å². The van der Waals surface area contributed by atoms with Gasteiger partial charge in [-0.3, -0.25) is 19.7 Å². The van der Waals surface area contributed by atoms with Crippen LogP contribution in [0, 0.1) is 10.1 Å². The van der Waals surface area contributed by atoms with Gasteiger partial charge in [-0.25, -0.2) is 0 Å². The van der Waals surface area contributed by atoms with E-state index in [1.165, 1.54) is 49.4 Å². The first-order chi connectivity index (χ1) is 13.3. The summed E-state index contributed by atoms with van der Waals surface area (Å²) in [7, 11) is 2.92. The smallest absolute Gasteiger partial charge is 0.269 e. The zero-order valence-electron chi connectivity index (χ0n) is 15.2. The summed E-state index contributed by atoms with van der Waals surface area (Å²) >= 11 is 5.91. The summed E-state index contributed by atoms with van der Waals surface area (Å²) in [6, 6.07) is 10.1. The lowest BCUT2D eigenvalue weighted by Gasteiger charge is -2.18. The molecule has 1 N–H and O–H groups in total. The van der Waals surface area contributed by atoms with Crippen LogP contribution >= 0.6 is 11.6 Å². The zero-order valence-corrected chi connectivity index (χ0v) is 15.9. The quantitative estimate of drug-likeness (QED) is 0.532. The Hall–Kier alpha value is -3.33. The van der Waals surface area contributed by atoms with Crippen LogP contribution in [0.5, 0.6) is 11.5 Å². The van der Waals surface area contributed by atoms with E-state index in [1.807, 2.05) is 0 Å².